The van der Waals surface area contributed by atoms with E-state index in [1.54, 1.807) is 34.9 Å². The number of hydrogen-bond donors (Lipinski definition) is 8. The van der Waals surface area contributed by atoms with E-state index in [1.807, 2.05) is 14.8 Å². The van der Waals surface area contributed by atoms with Gasteiger partial charge < -0.3 is 49.8 Å². The van der Waals surface area contributed by atoms with E-state index in [0.717, 1.165) is 11.5 Å². The molecule has 10 nitrogen and oxygen atoms in total. The van der Waals surface area contributed by atoms with Crippen molar-refractivity contribution in [3.8, 4) is 62.8 Å². The van der Waals surface area contributed by atoms with Crippen LogP contribution in [0.3, 0.4) is 0 Å². The minimum Gasteiger partial charge on any atom is -0.508 e. The third kappa shape index (κ3) is 3.21. The standard InChI is InChI=1S/C31H22BNO9/c1-11-6-12(14-9-20(37)28(40)24-25-29(41)21(38)10-22(39)31(25)42-30(14)24)2-4-17(11)33-26-15(7-13(34)8-19(26)36)23-18(35)5-3-16(32)27(23)33/h2-10,34-41H,32H2,1H3. The van der Waals surface area contributed by atoms with Crippen molar-refractivity contribution < 1.29 is 45.3 Å². The summed E-state index contributed by atoms with van der Waals surface area (Å²) < 4.78 is 7.68. The van der Waals surface area contributed by atoms with Crippen molar-refractivity contribution in [1.29, 1.82) is 0 Å². The summed E-state index contributed by atoms with van der Waals surface area (Å²) in [5.41, 5.74) is 3.93. The van der Waals surface area contributed by atoms with Crippen molar-refractivity contribution in [3.63, 3.8) is 0 Å². The maximum absolute atomic E-state index is 10.9. The zero-order valence-electron chi connectivity index (χ0n) is 22.1. The summed E-state index contributed by atoms with van der Waals surface area (Å²) in [4.78, 5) is 0. The van der Waals surface area contributed by atoms with Crippen LogP contribution in [0.2, 0.25) is 0 Å². The zero-order chi connectivity index (χ0) is 29.8. The third-order valence-electron chi connectivity index (χ3n) is 7.80. The molecule has 8 N–H and O–H groups in total. The molecule has 208 valence electrons. The molecule has 0 radical (unpaired) electrons. The van der Waals surface area contributed by atoms with Crippen LogP contribution in [0.5, 0.6) is 46.0 Å². The van der Waals surface area contributed by atoms with Crippen molar-refractivity contribution in [2.75, 3.05) is 0 Å². The summed E-state index contributed by atoms with van der Waals surface area (Å²) in [7, 11) is 1.87. The van der Waals surface area contributed by atoms with Crippen LogP contribution in [0.15, 0.2) is 59.0 Å². The quantitative estimate of drug-likeness (QED) is 0.0850. The highest BCUT2D eigenvalue weighted by Gasteiger charge is 2.26. The van der Waals surface area contributed by atoms with Gasteiger partial charge in [0, 0.05) is 34.2 Å². The molecule has 2 heterocycles. The third-order valence-corrected chi connectivity index (χ3v) is 7.80. The molecule has 2 aromatic heterocycles. The normalized spacial score (nSPS) is 11.8. The first-order valence-electron chi connectivity index (χ1n) is 12.8. The van der Waals surface area contributed by atoms with E-state index in [0.29, 0.717) is 44.2 Å². The lowest BCUT2D eigenvalue weighted by atomic mass is 9.92. The highest BCUT2D eigenvalue weighted by molar-refractivity contribution is 6.40. The van der Waals surface area contributed by atoms with Crippen LogP contribution in [-0.4, -0.2) is 53.3 Å². The van der Waals surface area contributed by atoms with Gasteiger partial charge in [0.15, 0.2) is 34.3 Å². The van der Waals surface area contributed by atoms with Crippen LogP contribution in [0.25, 0.3) is 60.6 Å². The molecule has 7 aromatic rings. The molecule has 0 fully saturated rings. The molecule has 0 saturated heterocycles. The number of nitrogens with zero attached hydrogens (tertiary/aromatic N) is 1. The average molecular weight is 563 g/mol. The minimum absolute atomic E-state index is 0.0111. The van der Waals surface area contributed by atoms with Gasteiger partial charge in [-0.1, -0.05) is 17.6 Å². The molecule has 0 aliphatic heterocycles. The molecule has 7 rings (SSSR count). The van der Waals surface area contributed by atoms with E-state index < -0.39 is 28.7 Å². The monoisotopic (exact) mass is 563 g/mol. The van der Waals surface area contributed by atoms with E-state index in [-0.39, 0.29) is 39.2 Å². The van der Waals surface area contributed by atoms with Gasteiger partial charge in [0.1, 0.15) is 30.7 Å². The van der Waals surface area contributed by atoms with Crippen LogP contribution in [-0.2, 0) is 0 Å². The molecular formula is C31H22BNO9. The lowest BCUT2D eigenvalue weighted by Gasteiger charge is -2.15. The predicted molar refractivity (Wildman–Crippen MR) is 160 cm³/mol. The zero-order valence-corrected chi connectivity index (χ0v) is 22.1. The van der Waals surface area contributed by atoms with Gasteiger partial charge in [0.25, 0.3) is 0 Å². The molecule has 0 unspecified atom stereocenters. The first-order chi connectivity index (χ1) is 20.0. The predicted octanol–water partition coefficient (Wildman–Crippen LogP) is 4.56. The first kappa shape index (κ1) is 25.2. The number of aromatic hydroxyl groups is 8. The van der Waals surface area contributed by atoms with Gasteiger partial charge in [0.2, 0.25) is 0 Å². The number of benzene rings is 5. The largest absolute Gasteiger partial charge is 0.508 e. The Bertz CT molecular complexity index is 2320. The maximum atomic E-state index is 10.9. The lowest BCUT2D eigenvalue weighted by molar-refractivity contribution is 0.400. The summed E-state index contributed by atoms with van der Waals surface area (Å²) in [6.07, 6.45) is 0. The van der Waals surface area contributed by atoms with Gasteiger partial charge in [-0.3, -0.25) is 0 Å². The Hall–Kier alpha value is -5.84. The smallest absolute Gasteiger partial charge is 0.181 e. The molecule has 0 spiro atoms. The van der Waals surface area contributed by atoms with Crippen LogP contribution in [0, 0.1) is 6.92 Å². The van der Waals surface area contributed by atoms with E-state index in [4.69, 9.17) is 4.42 Å². The fraction of sp³-hybridized carbons (Fsp3) is 0.0323. The number of fused-ring (bicyclic) bond motifs is 6. The van der Waals surface area contributed by atoms with Crippen molar-refractivity contribution >= 4 is 57.1 Å². The number of phenols is 8. The van der Waals surface area contributed by atoms with Crippen LogP contribution in [0.1, 0.15) is 5.56 Å². The Morgan fingerprint density at radius 2 is 1.31 bits per heavy atom. The Labute approximate surface area is 236 Å². The number of hydrogen-bond acceptors (Lipinski definition) is 9. The molecule has 0 aliphatic rings. The number of phenolic OH excluding ortho intramolecular Hbond substituents is 8. The van der Waals surface area contributed by atoms with Gasteiger partial charge >= 0.3 is 0 Å². The van der Waals surface area contributed by atoms with Gasteiger partial charge in [0.05, 0.1) is 21.8 Å². The summed E-state index contributed by atoms with van der Waals surface area (Å²) in [5.74, 6) is -3.18. The van der Waals surface area contributed by atoms with Crippen molar-refractivity contribution in [3.05, 3.63) is 60.2 Å². The number of aryl methyl sites for hydroxylation is 1. The van der Waals surface area contributed by atoms with Crippen LogP contribution in [0.4, 0.5) is 0 Å². The Morgan fingerprint density at radius 1 is 0.619 bits per heavy atom. The molecule has 5 aromatic carbocycles. The van der Waals surface area contributed by atoms with Gasteiger partial charge in [-0.15, -0.1) is 0 Å². The van der Waals surface area contributed by atoms with Gasteiger partial charge in [-0.25, -0.2) is 0 Å². The fourth-order valence-corrected chi connectivity index (χ4v) is 5.95. The molecular weight excluding hydrogens is 541 g/mol. The summed E-state index contributed by atoms with van der Waals surface area (Å²) >= 11 is 0. The Kier molecular flexibility index (Phi) is 4.99. The van der Waals surface area contributed by atoms with Gasteiger partial charge in [-0.2, -0.15) is 0 Å². The maximum Gasteiger partial charge on any atom is 0.181 e. The minimum atomic E-state index is -0.629. The molecule has 0 saturated carbocycles. The van der Waals surface area contributed by atoms with Crippen LogP contribution >= 0.6 is 0 Å². The second kappa shape index (κ2) is 8.34. The second-order valence-corrected chi connectivity index (χ2v) is 10.4. The molecule has 0 atom stereocenters. The highest BCUT2D eigenvalue weighted by Crippen LogP contribution is 2.52. The summed E-state index contributed by atoms with van der Waals surface area (Å²) in [6.45, 7) is 1.83. The van der Waals surface area contributed by atoms with Crippen LogP contribution < -0.4 is 5.46 Å². The molecule has 11 heteroatoms. The molecule has 42 heavy (non-hydrogen) atoms. The topological polar surface area (TPSA) is 180 Å². The molecule has 0 bridgehead atoms. The van der Waals surface area contributed by atoms with E-state index in [2.05, 4.69) is 0 Å². The van der Waals surface area contributed by atoms with Crippen molar-refractivity contribution in [1.82, 2.24) is 4.57 Å². The van der Waals surface area contributed by atoms with E-state index in [9.17, 15) is 40.9 Å². The second-order valence-electron chi connectivity index (χ2n) is 10.4. The van der Waals surface area contributed by atoms with E-state index >= 15 is 0 Å². The molecule has 0 amide bonds. The van der Waals surface area contributed by atoms with Crippen molar-refractivity contribution in [2.45, 2.75) is 6.92 Å². The van der Waals surface area contributed by atoms with Crippen molar-refractivity contribution in [2.24, 2.45) is 0 Å². The Balaban J connectivity index is 1.53. The summed E-state index contributed by atoms with van der Waals surface area (Å²) in [5, 5.41) is 84.8. The number of aromatic nitrogens is 1. The summed E-state index contributed by atoms with van der Waals surface area (Å²) in [6, 6.07) is 13.5. The number of furan rings is 1. The average Bonchev–Trinajstić information content (AvgIpc) is 3.50. The van der Waals surface area contributed by atoms with E-state index in [1.165, 1.54) is 18.2 Å². The SMILES string of the molecule is Bc1ccc(O)c2c3cc(O)cc(O)c3n(-c3ccc(-c4cc(O)c(O)c5c4oc4c(O)cc(O)c(O)c45)cc3C)c12. The fourth-order valence-electron chi connectivity index (χ4n) is 5.95. The lowest BCUT2D eigenvalue weighted by Crippen LogP contribution is -2.09. The van der Waals surface area contributed by atoms with Gasteiger partial charge in [-0.05, 0) is 48.4 Å². The first-order valence-corrected chi connectivity index (χ1v) is 12.8. The number of rotatable bonds is 2. The highest BCUT2D eigenvalue weighted by atomic mass is 16.4. The molecule has 0 aliphatic carbocycles. The Morgan fingerprint density at radius 3 is 2.02 bits per heavy atom.